The lowest BCUT2D eigenvalue weighted by molar-refractivity contribution is 0.0977. The Morgan fingerprint density at radius 3 is 2.60 bits per heavy atom. The van der Waals surface area contributed by atoms with Crippen molar-refractivity contribution < 1.29 is 9.53 Å². The number of guanidine groups is 1. The summed E-state index contributed by atoms with van der Waals surface area (Å²) in [6.45, 7) is 4.74. The molecule has 0 aliphatic carbocycles. The van der Waals surface area contributed by atoms with Crippen LogP contribution in [0, 0.1) is 6.92 Å². The molecule has 30 heavy (non-hydrogen) atoms. The molecule has 0 fully saturated rings. The number of carbonyl (C=O) groups excluding carboxylic acids is 1. The van der Waals surface area contributed by atoms with Crippen molar-refractivity contribution in [2.45, 2.75) is 20.4 Å². The first-order valence-electron chi connectivity index (χ1n) is 9.57. The summed E-state index contributed by atoms with van der Waals surface area (Å²) < 4.78 is 5.42. The summed E-state index contributed by atoms with van der Waals surface area (Å²) in [7, 11) is 0. The molecule has 3 rings (SSSR count). The standard InChI is InChI=1S/C23H23ClN4O2/c1-3-30-19-10-8-17(9-11-19)22(29)28-23(26-15-18-6-4-5-13-25-18)27-21-12-7-16(2)14-20(21)24/h4-14H,3,15H2,1-2H3,(H2,26,27,28,29). The molecular weight excluding hydrogens is 400 g/mol. The van der Waals surface area contributed by atoms with Crippen molar-refractivity contribution >= 4 is 29.2 Å². The fourth-order valence-electron chi connectivity index (χ4n) is 2.66. The number of nitrogens with one attached hydrogen (secondary N) is 2. The quantitative estimate of drug-likeness (QED) is 0.440. The van der Waals surface area contributed by atoms with E-state index in [4.69, 9.17) is 16.3 Å². The molecule has 0 radical (unpaired) electrons. The third-order valence-electron chi connectivity index (χ3n) is 4.16. The van der Waals surface area contributed by atoms with E-state index in [1.807, 2.05) is 50.2 Å². The molecule has 0 spiro atoms. The summed E-state index contributed by atoms with van der Waals surface area (Å²) in [6, 6.07) is 18.1. The van der Waals surface area contributed by atoms with Crippen molar-refractivity contribution in [1.29, 1.82) is 0 Å². The normalized spacial score (nSPS) is 11.1. The highest BCUT2D eigenvalue weighted by molar-refractivity contribution is 6.34. The molecule has 1 amide bonds. The first-order chi connectivity index (χ1) is 14.5. The van der Waals surface area contributed by atoms with Gasteiger partial charge >= 0.3 is 0 Å². The molecule has 0 atom stereocenters. The Hall–Kier alpha value is -3.38. The van der Waals surface area contributed by atoms with Gasteiger partial charge in [0.05, 0.1) is 29.6 Å². The van der Waals surface area contributed by atoms with E-state index < -0.39 is 0 Å². The number of halogens is 1. The second-order valence-electron chi connectivity index (χ2n) is 6.51. The molecule has 0 aliphatic heterocycles. The van der Waals surface area contributed by atoms with Crippen LogP contribution in [0.4, 0.5) is 5.69 Å². The molecule has 0 unspecified atom stereocenters. The summed E-state index contributed by atoms with van der Waals surface area (Å²) in [6.07, 6.45) is 1.70. The lowest BCUT2D eigenvalue weighted by Gasteiger charge is -2.13. The highest BCUT2D eigenvalue weighted by Crippen LogP contribution is 2.22. The van der Waals surface area contributed by atoms with Crippen LogP contribution in [0.1, 0.15) is 28.5 Å². The summed E-state index contributed by atoms with van der Waals surface area (Å²) in [5.41, 5.74) is 2.95. The number of nitrogens with zero attached hydrogens (tertiary/aromatic N) is 2. The molecule has 0 saturated carbocycles. The molecule has 2 aromatic carbocycles. The van der Waals surface area contributed by atoms with E-state index in [0.29, 0.717) is 35.2 Å². The van der Waals surface area contributed by atoms with Gasteiger partial charge in [0.25, 0.3) is 5.91 Å². The van der Waals surface area contributed by atoms with Crippen molar-refractivity contribution in [3.05, 3.63) is 88.7 Å². The third-order valence-corrected chi connectivity index (χ3v) is 4.48. The fraction of sp³-hybridized carbons (Fsp3) is 0.174. The number of ether oxygens (including phenoxy) is 1. The van der Waals surface area contributed by atoms with Crippen LogP contribution in [-0.2, 0) is 6.54 Å². The number of rotatable bonds is 6. The van der Waals surface area contributed by atoms with Crippen LogP contribution < -0.4 is 15.4 Å². The molecule has 0 bridgehead atoms. The molecule has 0 aliphatic rings. The topological polar surface area (TPSA) is 75.6 Å². The zero-order chi connectivity index (χ0) is 21.3. The number of aryl methyl sites for hydroxylation is 1. The minimum Gasteiger partial charge on any atom is -0.494 e. The average Bonchev–Trinajstić information content (AvgIpc) is 2.75. The number of pyridine rings is 1. The maximum absolute atomic E-state index is 12.7. The van der Waals surface area contributed by atoms with E-state index in [2.05, 4.69) is 20.6 Å². The van der Waals surface area contributed by atoms with Gasteiger partial charge in [0.1, 0.15) is 5.75 Å². The molecule has 6 nitrogen and oxygen atoms in total. The maximum Gasteiger partial charge on any atom is 0.257 e. The van der Waals surface area contributed by atoms with Gasteiger partial charge in [-0.05, 0) is 67.9 Å². The van der Waals surface area contributed by atoms with Crippen LogP contribution in [0.5, 0.6) is 5.75 Å². The molecule has 1 aromatic heterocycles. The first-order valence-corrected chi connectivity index (χ1v) is 9.94. The molecule has 0 saturated heterocycles. The van der Waals surface area contributed by atoms with Gasteiger partial charge in [0, 0.05) is 11.8 Å². The largest absolute Gasteiger partial charge is 0.494 e. The van der Waals surface area contributed by atoms with Gasteiger partial charge in [-0.2, -0.15) is 0 Å². The lowest BCUT2D eigenvalue weighted by atomic mass is 10.2. The lowest BCUT2D eigenvalue weighted by Crippen LogP contribution is -2.36. The smallest absolute Gasteiger partial charge is 0.257 e. The zero-order valence-electron chi connectivity index (χ0n) is 16.9. The fourth-order valence-corrected chi connectivity index (χ4v) is 2.94. The highest BCUT2D eigenvalue weighted by Gasteiger charge is 2.11. The SMILES string of the molecule is CCOc1ccc(C(=O)NC(=NCc2ccccn2)Nc2ccc(C)cc2Cl)cc1. The summed E-state index contributed by atoms with van der Waals surface area (Å²) >= 11 is 6.33. The Labute approximate surface area is 181 Å². The molecule has 1 heterocycles. The highest BCUT2D eigenvalue weighted by atomic mass is 35.5. The average molecular weight is 423 g/mol. The van der Waals surface area contributed by atoms with Gasteiger partial charge in [-0.15, -0.1) is 0 Å². The maximum atomic E-state index is 12.7. The van der Waals surface area contributed by atoms with Crippen LogP contribution >= 0.6 is 11.6 Å². The number of carbonyl (C=O) groups is 1. The van der Waals surface area contributed by atoms with E-state index in [0.717, 1.165) is 11.3 Å². The number of amides is 1. The summed E-state index contributed by atoms with van der Waals surface area (Å²) in [5.74, 6) is 0.696. The van der Waals surface area contributed by atoms with E-state index in [9.17, 15) is 4.79 Å². The Morgan fingerprint density at radius 2 is 1.93 bits per heavy atom. The zero-order valence-corrected chi connectivity index (χ0v) is 17.6. The Bertz CT molecular complexity index is 1020. The van der Waals surface area contributed by atoms with Gasteiger partial charge in [-0.1, -0.05) is 23.7 Å². The summed E-state index contributed by atoms with van der Waals surface area (Å²) in [4.78, 5) is 21.5. The predicted molar refractivity (Wildman–Crippen MR) is 120 cm³/mol. The number of anilines is 1. The van der Waals surface area contributed by atoms with Crippen LogP contribution in [0.3, 0.4) is 0 Å². The van der Waals surface area contributed by atoms with E-state index in [1.54, 1.807) is 30.5 Å². The van der Waals surface area contributed by atoms with Crippen LogP contribution in [0.25, 0.3) is 0 Å². The second-order valence-corrected chi connectivity index (χ2v) is 6.91. The number of aromatic nitrogens is 1. The molecule has 7 heteroatoms. The molecule has 154 valence electrons. The number of benzene rings is 2. The Balaban J connectivity index is 1.79. The van der Waals surface area contributed by atoms with E-state index >= 15 is 0 Å². The first kappa shape index (κ1) is 21.3. The van der Waals surface area contributed by atoms with Crippen molar-refractivity contribution in [2.24, 2.45) is 4.99 Å². The molecular formula is C23H23ClN4O2. The van der Waals surface area contributed by atoms with Crippen molar-refractivity contribution in [3.63, 3.8) is 0 Å². The van der Waals surface area contributed by atoms with E-state index in [-0.39, 0.29) is 11.9 Å². The number of hydrogen-bond donors (Lipinski definition) is 2. The van der Waals surface area contributed by atoms with Gasteiger partial charge in [-0.3, -0.25) is 15.1 Å². The van der Waals surface area contributed by atoms with Gasteiger partial charge in [-0.25, -0.2) is 4.99 Å². The number of aliphatic imine (C=N–C) groups is 1. The second kappa shape index (κ2) is 10.4. The predicted octanol–water partition coefficient (Wildman–Crippen LogP) is 4.84. The molecule has 3 aromatic rings. The van der Waals surface area contributed by atoms with E-state index in [1.165, 1.54) is 0 Å². The van der Waals surface area contributed by atoms with Crippen LogP contribution in [-0.4, -0.2) is 23.5 Å². The molecule has 2 N–H and O–H groups in total. The monoisotopic (exact) mass is 422 g/mol. The summed E-state index contributed by atoms with van der Waals surface area (Å²) in [5, 5.41) is 6.47. The van der Waals surface area contributed by atoms with Crippen molar-refractivity contribution in [3.8, 4) is 5.75 Å². The van der Waals surface area contributed by atoms with Crippen molar-refractivity contribution in [2.75, 3.05) is 11.9 Å². The minimum absolute atomic E-state index is 0.283. The van der Waals surface area contributed by atoms with Crippen molar-refractivity contribution in [1.82, 2.24) is 10.3 Å². The van der Waals surface area contributed by atoms with Crippen LogP contribution in [0.15, 0.2) is 71.9 Å². The Kier molecular flexibility index (Phi) is 7.40. The number of hydrogen-bond acceptors (Lipinski definition) is 4. The third kappa shape index (κ3) is 6.06. The Morgan fingerprint density at radius 1 is 1.13 bits per heavy atom. The van der Waals surface area contributed by atoms with Gasteiger partial charge in [0.2, 0.25) is 5.96 Å². The van der Waals surface area contributed by atoms with Gasteiger partial charge in [0.15, 0.2) is 0 Å². The minimum atomic E-state index is -0.298. The van der Waals surface area contributed by atoms with Crippen LogP contribution in [0.2, 0.25) is 5.02 Å². The van der Waals surface area contributed by atoms with Gasteiger partial charge < -0.3 is 10.1 Å².